The molecule has 0 aromatic heterocycles. The van der Waals surface area contributed by atoms with Gasteiger partial charge in [-0.05, 0) is 84.0 Å². The van der Waals surface area contributed by atoms with E-state index in [2.05, 4.69) is 86.8 Å². The molecule has 3 atom stereocenters. The standard InChI is InChI=1S/C39H69O6P.C2H6O/c1-3-5-7-9-11-13-15-17-19-21-23-25-27-29-31-33-35-37(40)39(41)38(45-46(42,43)44)36-34-32-30-28-26-24-22-20-18-16-14-12-10-8-6-4-2;1-2-3/h5-8,11-14,17-20,37-41H,3-4,9-10,15-16,21-36H2,1-2H3,(H2,42,43,44);3H,2H2,1H3/b7-5-,8-6-,13-11-,14-12-,19-17-,20-18-;/t37?,38?,39-;/m1./s1. The predicted octanol–water partition coefficient (Wildman–Crippen LogP) is 11.1. The average Bonchev–Trinajstić information content (AvgIpc) is 3.06. The fraction of sp³-hybridized carbons (Fsp3) is 0.707. The van der Waals surface area contributed by atoms with Crippen molar-refractivity contribution in [2.24, 2.45) is 0 Å². The van der Waals surface area contributed by atoms with Crippen LogP contribution in [0.5, 0.6) is 0 Å². The summed E-state index contributed by atoms with van der Waals surface area (Å²) in [6.45, 7) is 6.21. The molecule has 8 heteroatoms. The molecule has 0 amide bonds. The van der Waals surface area contributed by atoms with E-state index in [1.54, 1.807) is 6.92 Å². The Labute approximate surface area is 301 Å². The number of allylic oxidation sites excluding steroid dienone is 12. The maximum atomic E-state index is 11.5. The number of aliphatic hydroxyl groups excluding tert-OH is 3. The molecule has 0 radical (unpaired) electrons. The second kappa shape index (κ2) is 39.2. The van der Waals surface area contributed by atoms with Crippen molar-refractivity contribution >= 4 is 7.82 Å². The van der Waals surface area contributed by atoms with E-state index in [1.807, 2.05) is 0 Å². The molecule has 5 N–H and O–H groups in total. The third kappa shape index (κ3) is 40.7. The predicted molar refractivity (Wildman–Crippen MR) is 209 cm³/mol. The summed E-state index contributed by atoms with van der Waals surface area (Å²) in [7, 11) is -4.77. The van der Waals surface area contributed by atoms with Crippen molar-refractivity contribution in [1.29, 1.82) is 0 Å². The normalized spacial score (nSPS) is 14.6. The Hall–Kier alpha value is -1.57. The lowest BCUT2D eigenvalue weighted by Crippen LogP contribution is -2.38. The zero-order chi connectivity index (χ0) is 36.7. The fourth-order valence-electron chi connectivity index (χ4n) is 5.17. The molecule has 0 aromatic rings. The van der Waals surface area contributed by atoms with Crippen LogP contribution in [0, 0.1) is 0 Å². The molecule has 0 aliphatic heterocycles. The zero-order valence-corrected chi connectivity index (χ0v) is 32.3. The Bertz CT molecular complexity index is 904. The molecule has 49 heavy (non-hydrogen) atoms. The lowest BCUT2D eigenvalue weighted by Gasteiger charge is -2.27. The van der Waals surface area contributed by atoms with Crippen molar-refractivity contribution in [2.75, 3.05) is 6.61 Å². The summed E-state index contributed by atoms with van der Waals surface area (Å²) in [5.41, 5.74) is 0. The van der Waals surface area contributed by atoms with E-state index in [1.165, 1.54) is 12.8 Å². The SMILES string of the molecule is CC/C=C\C/C=C\C/C=C\CCCCCCCCC(O)[C@@H](O)C(CCCCCCCC/C=C\C/C=C\C/C=C\CC)OP(=O)(O)O.CCO. The van der Waals surface area contributed by atoms with Gasteiger partial charge in [0, 0.05) is 6.61 Å². The highest BCUT2D eigenvalue weighted by Gasteiger charge is 2.32. The molecule has 0 saturated heterocycles. The van der Waals surface area contributed by atoms with Crippen LogP contribution < -0.4 is 0 Å². The van der Waals surface area contributed by atoms with Crippen molar-refractivity contribution in [3.05, 3.63) is 72.9 Å². The smallest absolute Gasteiger partial charge is 0.397 e. The minimum atomic E-state index is -4.77. The molecule has 0 aliphatic rings. The van der Waals surface area contributed by atoms with Gasteiger partial charge in [0.05, 0.1) is 12.2 Å². The molecule has 7 nitrogen and oxygen atoms in total. The van der Waals surface area contributed by atoms with Crippen LogP contribution in [0.3, 0.4) is 0 Å². The Balaban J connectivity index is 0. The van der Waals surface area contributed by atoms with E-state index in [9.17, 15) is 24.6 Å². The van der Waals surface area contributed by atoms with E-state index < -0.39 is 26.1 Å². The van der Waals surface area contributed by atoms with Crippen molar-refractivity contribution in [3.8, 4) is 0 Å². The monoisotopic (exact) mass is 711 g/mol. The van der Waals surface area contributed by atoms with Gasteiger partial charge in [0.2, 0.25) is 0 Å². The van der Waals surface area contributed by atoms with Gasteiger partial charge in [0.15, 0.2) is 0 Å². The molecule has 286 valence electrons. The van der Waals surface area contributed by atoms with E-state index in [4.69, 9.17) is 9.63 Å². The van der Waals surface area contributed by atoms with Gasteiger partial charge in [-0.25, -0.2) is 4.57 Å². The van der Waals surface area contributed by atoms with Crippen LogP contribution >= 0.6 is 7.82 Å². The van der Waals surface area contributed by atoms with Gasteiger partial charge in [-0.1, -0.05) is 151 Å². The van der Waals surface area contributed by atoms with Gasteiger partial charge in [-0.15, -0.1) is 0 Å². The first-order chi connectivity index (χ1) is 23.7. The minimum Gasteiger partial charge on any atom is -0.397 e. The molecule has 0 heterocycles. The van der Waals surface area contributed by atoms with E-state index in [-0.39, 0.29) is 6.61 Å². The number of phosphoric acid groups is 1. The van der Waals surface area contributed by atoms with Crippen molar-refractivity contribution in [2.45, 2.75) is 180 Å². The average molecular weight is 711 g/mol. The molecule has 0 fully saturated rings. The molecule has 0 saturated carbocycles. The van der Waals surface area contributed by atoms with E-state index >= 15 is 0 Å². The van der Waals surface area contributed by atoms with Gasteiger partial charge < -0.3 is 25.1 Å². The molecule has 0 bridgehead atoms. The van der Waals surface area contributed by atoms with Crippen LogP contribution in [0.25, 0.3) is 0 Å². The van der Waals surface area contributed by atoms with Gasteiger partial charge in [0.1, 0.15) is 6.10 Å². The number of hydrogen-bond acceptors (Lipinski definition) is 5. The highest BCUT2D eigenvalue weighted by atomic mass is 31.2. The first kappa shape index (κ1) is 49.5. The lowest BCUT2D eigenvalue weighted by molar-refractivity contribution is -0.0628. The minimum absolute atomic E-state index is 0.250. The van der Waals surface area contributed by atoms with Gasteiger partial charge in [0.25, 0.3) is 0 Å². The molecule has 0 aromatic carbocycles. The van der Waals surface area contributed by atoms with E-state index in [0.717, 1.165) is 109 Å². The van der Waals surface area contributed by atoms with Crippen molar-refractivity contribution in [1.82, 2.24) is 0 Å². The quantitative estimate of drug-likeness (QED) is 0.0267. The Morgan fingerprint density at radius 1 is 0.510 bits per heavy atom. The summed E-state index contributed by atoms with van der Waals surface area (Å²) < 4.78 is 16.4. The van der Waals surface area contributed by atoms with Crippen LogP contribution in [0.4, 0.5) is 0 Å². The van der Waals surface area contributed by atoms with Crippen LogP contribution in [-0.4, -0.2) is 50.0 Å². The van der Waals surface area contributed by atoms with Crippen LogP contribution in [0.2, 0.25) is 0 Å². The van der Waals surface area contributed by atoms with Crippen molar-refractivity contribution in [3.63, 3.8) is 0 Å². The van der Waals surface area contributed by atoms with Crippen LogP contribution in [0.15, 0.2) is 72.9 Å². The summed E-state index contributed by atoms with van der Waals surface area (Å²) >= 11 is 0. The number of phosphoric ester groups is 1. The first-order valence-corrected chi connectivity index (χ1v) is 20.9. The number of unbranched alkanes of at least 4 members (excludes halogenated alkanes) is 12. The summed E-state index contributed by atoms with van der Waals surface area (Å²) in [5, 5.41) is 28.7. The molecular weight excluding hydrogens is 635 g/mol. The molecular formula is C41H75O7P. The maximum absolute atomic E-state index is 11.5. The van der Waals surface area contributed by atoms with Crippen LogP contribution in [0.1, 0.15) is 162 Å². The molecule has 0 aliphatic carbocycles. The van der Waals surface area contributed by atoms with Crippen LogP contribution in [-0.2, 0) is 9.09 Å². The Morgan fingerprint density at radius 3 is 1.22 bits per heavy atom. The highest BCUT2D eigenvalue weighted by molar-refractivity contribution is 7.46. The van der Waals surface area contributed by atoms with Crippen molar-refractivity contribution < 1.29 is 34.2 Å². The summed E-state index contributed by atoms with van der Waals surface area (Å²) in [4.78, 5) is 18.7. The van der Waals surface area contributed by atoms with Gasteiger partial charge in [-0.3, -0.25) is 4.52 Å². The van der Waals surface area contributed by atoms with Gasteiger partial charge >= 0.3 is 7.82 Å². The first-order valence-electron chi connectivity index (χ1n) is 19.3. The number of rotatable bonds is 32. The fourth-order valence-corrected chi connectivity index (χ4v) is 5.75. The number of aliphatic hydroxyl groups is 3. The Morgan fingerprint density at radius 2 is 0.837 bits per heavy atom. The molecule has 0 spiro atoms. The highest BCUT2D eigenvalue weighted by Crippen LogP contribution is 2.40. The third-order valence-electron chi connectivity index (χ3n) is 7.84. The summed E-state index contributed by atoms with van der Waals surface area (Å²) in [6, 6.07) is 0. The molecule has 2 unspecified atom stereocenters. The number of hydrogen-bond donors (Lipinski definition) is 5. The Kier molecular flexibility index (Phi) is 39.7. The third-order valence-corrected chi connectivity index (χ3v) is 8.38. The second-order valence-electron chi connectivity index (χ2n) is 12.5. The molecule has 0 rings (SSSR count). The summed E-state index contributed by atoms with van der Waals surface area (Å²) in [6.07, 6.45) is 44.5. The topological polar surface area (TPSA) is 127 Å². The van der Waals surface area contributed by atoms with E-state index in [0.29, 0.717) is 19.3 Å². The van der Waals surface area contributed by atoms with Gasteiger partial charge in [-0.2, -0.15) is 0 Å². The zero-order valence-electron chi connectivity index (χ0n) is 31.4. The second-order valence-corrected chi connectivity index (χ2v) is 13.7. The lowest BCUT2D eigenvalue weighted by atomic mass is 9.97. The largest absolute Gasteiger partial charge is 0.469 e. The maximum Gasteiger partial charge on any atom is 0.469 e. The summed E-state index contributed by atoms with van der Waals surface area (Å²) in [5.74, 6) is 0.